The molecular weight excluding hydrogens is 522 g/mol. The molecule has 3 aromatic rings. The molecule has 0 heterocycles. The highest BCUT2D eigenvalue weighted by atomic mass is 17.1. The molecule has 5 N–H and O–H groups in total. The summed E-state index contributed by atoms with van der Waals surface area (Å²) in [5, 5.41) is 21.4. The van der Waals surface area contributed by atoms with E-state index in [1.165, 1.54) is 19.1 Å². The van der Waals surface area contributed by atoms with Gasteiger partial charge in [-0.3, -0.25) is 30.0 Å². The molecule has 0 unspecified atom stereocenters. The summed E-state index contributed by atoms with van der Waals surface area (Å²) < 4.78 is 4.81. The van der Waals surface area contributed by atoms with Gasteiger partial charge >= 0.3 is 11.9 Å². The van der Waals surface area contributed by atoms with Crippen LogP contribution in [0, 0.1) is 6.92 Å². The number of anilines is 2. The van der Waals surface area contributed by atoms with Crippen LogP contribution in [0.3, 0.4) is 0 Å². The van der Waals surface area contributed by atoms with Crippen LogP contribution >= 0.6 is 0 Å². The number of amides is 1. The van der Waals surface area contributed by atoms with Crippen molar-refractivity contribution in [2.45, 2.75) is 27.1 Å². The third kappa shape index (κ3) is 8.59. The van der Waals surface area contributed by atoms with E-state index in [4.69, 9.17) is 19.7 Å². The lowest BCUT2D eigenvalue weighted by Gasteiger charge is -2.14. The molecule has 3 aromatic carbocycles. The fourth-order valence-electron chi connectivity index (χ4n) is 3.87. The second-order valence-corrected chi connectivity index (χ2v) is 8.65. The number of hydrogen-bond acceptors (Lipinski definition) is 10. The van der Waals surface area contributed by atoms with Gasteiger partial charge in [-0.15, -0.1) is 0 Å². The molecule has 0 saturated carbocycles. The minimum absolute atomic E-state index is 0.0329. The van der Waals surface area contributed by atoms with E-state index in [-0.39, 0.29) is 37.6 Å². The molecule has 0 bridgehead atoms. The number of carbonyl (C=O) groups is 3. The first-order valence-corrected chi connectivity index (χ1v) is 12.2. The fourth-order valence-corrected chi connectivity index (χ4v) is 3.87. The third-order valence-corrected chi connectivity index (χ3v) is 5.64. The number of carboxylic acid groups (broad SMARTS) is 1. The van der Waals surface area contributed by atoms with Crippen molar-refractivity contribution >= 4 is 29.2 Å². The second-order valence-electron chi connectivity index (χ2n) is 8.65. The standard InChI is InChI=1S/C28H31N3O9/c1-17-10-23(14-24(11-17)31-38-9-8-37-18(2)32)30-27(33)26-13-20(6-7-25(26)28(34)35)19-4-5-21(16-40-36)22(12-19)15-39-29-3/h4-7,10-14,29,31,36H,8-9,15-16H2,1-3H3,(H,30,33)(H,34,35). The topological polar surface area (TPSA) is 165 Å². The van der Waals surface area contributed by atoms with Gasteiger partial charge in [-0.05, 0) is 71.1 Å². The van der Waals surface area contributed by atoms with Gasteiger partial charge in [0.15, 0.2) is 0 Å². The number of hydroxylamine groups is 1. The van der Waals surface area contributed by atoms with E-state index in [9.17, 15) is 19.5 Å². The molecule has 1 amide bonds. The number of benzene rings is 3. The minimum atomic E-state index is -1.25. The smallest absolute Gasteiger partial charge is 0.336 e. The van der Waals surface area contributed by atoms with Crippen molar-refractivity contribution in [2.24, 2.45) is 0 Å². The summed E-state index contributed by atoms with van der Waals surface area (Å²) in [7, 11) is 1.62. The van der Waals surface area contributed by atoms with Crippen molar-refractivity contribution in [1.82, 2.24) is 5.48 Å². The van der Waals surface area contributed by atoms with E-state index in [2.05, 4.69) is 21.2 Å². The third-order valence-electron chi connectivity index (χ3n) is 5.64. The Labute approximate surface area is 230 Å². The van der Waals surface area contributed by atoms with Crippen LogP contribution in [0.5, 0.6) is 0 Å². The maximum atomic E-state index is 13.3. The molecule has 212 valence electrons. The molecule has 0 saturated heterocycles. The van der Waals surface area contributed by atoms with Crippen molar-refractivity contribution in [3.05, 3.63) is 82.4 Å². The molecule has 0 aliphatic carbocycles. The number of aryl methyl sites for hydroxylation is 1. The highest BCUT2D eigenvalue weighted by molar-refractivity contribution is 6.11. The molecule has 0 radical (unpaired) electrons. The number of ether oxygens (including phenoxy) is 1. The summed E-state index contributed by atoms with van der Waals surface area (Å²) in [5.41, 5.74) is 9.61. The lowest BCUT2D eigenvalue weighted by atomic mass is 9.95. The Kier molecular flexibility index (Phi) is 11.1. The van der Waals surface area contributed by atoms with Crippen molar-refractivity contribution in [3.63, 3.8) is 0 Å². The molecule has 0 aliphatic heterocycles. The molecular formula is C28H31N3O9. The Morgan fingerprint density at radius 2 is 1.55 bits per heavy atom. The van der Waals surface area contributed by atoms with Gasteiger partial charge < -0.3 is 15.2 Å². The van der Waals surface area contributed by atoms with Crippen LogP contribution in [0.15, 0.2) is 54.6 Å². The van der Waals surface area contributed by atoms with Crippen LogP contribution < -0.4 is 16.3 Å². The maximum Gasteiger partial charge on any atom is 0.336 e. The molecule has 3 rings (SSSR count). The molecule has 0 atom stereocenters. The zero-order valence-electron chi connectivity index (χ0n) is 22.3. The zero-order valence-corrected chi connectivity index (χ0v) is 22.3. The van der Waals surface area contributed by atoms with E-state index in [1.54, 1.807) is 43.4 Å². The normalized spacial score (nSPS) is 10.7. The molecule has 40 heavy (non-hydrogen) atoms. The average Bonchev–Trinajstić information content (AvgIpc) is 2.91. The number of esters is 1. The van der Waals surface area contributed by atoms with Crippen LogP contribution in [0.2, 0.25) is 0 Å². The van der Waals surface area contributed by atoms with E-state index >= 15 is 0 Å². The Bertz CT molecular complexity index is 1360. The van der Waals surface area contributed by atoms with Crippen molar-refractivity contribution in [3.8, 4) is 11.1 Å². The van der Waals surface area contributed by atoms with Gasteiger partial charge in [0.05, 0.1) is 23.4 Å². The summed E-state index contributed by atoms with van der Waals surface area (Å²) in [4.78, 5) is 50.9. The number of carboxylic acids is 1. The Hall–Kier alpha value is -4.33. The predicted molar refractivity (Wildman–Crippen MR) is 145 cm³/mol. The zero-order chi connectivity index (χ0) is 29.1. The Morgan fingerprint density at radius 3 is 2.25 bits per heavy atom. The van der Waals surface area contributed by atoms with Crippen LogP contribution in [0.4, 0.5) is 11.4 Å². The summed E-state index contributed by atoms with van der Waals surface area (Å²) in [6, 6.07) is 15.0. The van der Waals surface area contributed by atoms with E-state index in [0.29, 0.717) is 28.1 Å². The highest BCUT2D eigenvalue weighted by Gasteiger charge is 2.19. The van der Waals surface area contributed by atoms with E-state index < -0.39 is 17.8 Å². The summed E-state index contributed by atoms with van der Waals surface area (Å²) in [6.07, 6.45) is 0. The monoisotopic (exact) mass is 553 g/mol. The van der Waals surface area contributed by atoms with Crippen molar-refractivity contribution in [2.75, 3.05) is 31.1 Å². The highest BCUT2D eigenvalue weighted by Crippen LogP contribution is 2.27. The number of rotatable bonds is 14. The van der Waals surface area contributed by atoms with Crippen LogP contribution in [-0.4, -0.2) is 48.5 Å². The molecule has 12 heteroatoms. The number of nitrogens with one attached hydrogen (secondary N) is 3. The summed E-state index contributed by atoms with van der Waals surface area (Å²) >= 11 is 0. The van der Waals surface area contributed by atoms with E-state index in [0.717, 1.165) is 11.1 Å². The van der Waals surface area contributed by atoms with Gasteiger partial charge in [-0.25, -0.2) is 15.2 Å². The first-order valence-electron chi connectivity index (χ1n) is 12.2. The first-order chi connectivity index (χ1) is 19.2. The SMILES string of the molecule is CNOCc1cc(-c2ccc(C(=O)O)c(C(=O)Nc3cc(C)cc(NOCCOC(C)=O)c3)c2)ccc1COO. The molecule has 0 spiro atoms. The van der Waals surface area contributed by atoms with Crippen LogP contribution in [0.1, 0.15) is 44.3 Å². The number of hydrogen-bond donors (Lipinski definition) is 5. The molecule has 0 aliphatic rings. The van der Waals surface area contributed by atoms with Crippen LogP contribution in [0.25, 0.3) is 11.1 Å². The van der Waals surface area contributed by atoms with Crippen molar-refractivity contribution in [1.29, 1.82) is 0 Å². The first kappa shape index (κ1) is 30.2. The molecule has 0 aromatic heterocycles. The molecule has 0 fully saturated rings. The van der Waals surface area contributed by atoms with Gasteiger partial charge in [0, 0.05) is 19.7 Å². The summed E-state index contributed by atoms with van der Waals surface area (Å²) in [6.45, 7) is 3.45. The summed E-state index contributed by atoms with van der Waals surface area (Å²) in [5.74, 6) is -2.27. The lowest BCUT2D eigenvalue weighted by molar-refractivity contribution is -0.253. The van der Waals surface area contributed by atoms with Gasteiger partial charge in [-0.1, -0.05) is 18.2 Å². The predicted octanol–water partition coefficient (Wildman–Crippen LogP) is 4.16. The largest absolute Gasteiger partial charge is 0.478 e. The minimum Gasteiger partial charge on any atom is -0.478 e. The number of carbonyl (C=O) groups excluding carboxylic acids is 2. The Balaban J connectivity index is 1.85. The quantitative estimate of drug-likeness (QED) is 0.0842. The van der Waals surface area contributed by atoms with Gasteiger partial charge in [0.1, 0.15) is 19.8 Å². The van der Waals surface area contributed by atoms with Crippen molar-refractivity contribution < 1.29 is 44.0 Å². The Morgan fingerprint density at radius 1 is 0.825 bits per heavy atom. The molecule has 12 nitrogen and oxygen atoms in total. The second kappa shape index (κ2) is 14.7. The van der Waals surface area contributed by atoms with E-state index in [1.807, 2.05) is 13.0 Å². The average molecular weight is 554 g/mol. The fraction of sp³-hybridized carbons (Fsp3) is 0.250. The van der Waals surface area contributed by atoms with Gasteiger partial charge in [0.25, 0.3) is 5.91 Å². The van der Waals surface area contributed by atoms with Gasteiger partial charge in [-0.2, -0.15) is 0 Å². The van der Waals surface area contributed by atoms with Gasteiger partial charge in [0.2, 0.25) is 0 Å². The maximum absolute atomic E-state index is 13.3. The lowest BCUT2D eigenvalue weighted by Crippen LogP contribution is -2.17. The van der Waals surface area contributed by atoms with Crippen LogP contribution in [-0.2, 0) is 37.3 Å². The number of aromatic carboxylic acids is 1.